The summed E-state index contributed by atoms with van der Waals surface area (Å²) in [6.07, 6.45) is 6.24. The Kier molecular flexibility index (Phi) is 11.7. The fraction of sp³-hybridized carbons (Fsp3) is 0.943. The first-order valence-corrected chi connectivity index (χ1v) is 17.2. The number of ether oxygens (including phenoxy) is 4. The second-order valence-corrected chi connectivity index (χ2v) is 16.0. The highest BCUT2D eigenvalue weighted by Gasteiger charge is 2.51. The maximum absolute atomic E-state index is 14.2. The number of Topliss-reactive ketones (excluding diaryl/α,β-unsaturated/α-hetero) is 1. The van der Waals surface area contributed by atoms with Gasteiger partial charge in [0.1, 0.15) is 12.0 Å². The van der Waals surface area contributed by atoms with Gasteiger partial charge in [-0.05, 0) is 112 Å². The molecule has 2 aliphatic carbocycles. The van der Waals surface area contributed by atoms with Gasteiger partial charge < -0.3 is 28.7 Å². The number of esters is 1. The van der Waals surface area contributed by atoms with Crippen molar-refractivity contribution in [3.8, 4) is 0 Å². The minimum atomic E-state index is -1.32. The van der Waals surface area contributed by atoms with Crippen molar-refractivity contribution in [1.29, 1.82) is 0 Å². The van der Waals surface area contributed by atoms with Crippen molar-refractivity contribution >= 4 is 11.8 Å². The number of likely N-dealkylation sites (N-methyl/N-ethyl adjacent to an activating group) is 1. The van der Waals surface area contributed by atoms with Crippen LogP contribution in [0.4, 0.5) is 0 Å². The van der Waals surface area contributed by atoms with Crippen LogP contribution in [0.5, 0.6) is 0 Å². The van der Waals surface area contributed by atoms with Crippen LogP contribution in [-0.4, -0.2) is 124 Å². The molecular formula is C35H63N3O6. The van der Waals surface area contributed by atoms with E-state index < -0.39 is 35.3 Å². The second kappa shape index (κ2) is 14.3. The van der Waals surface area contributed by atoms with Crippen LogP contribution in [0.1, 0.15) is 86.5 Å². The Balaban J connectivity index is 1.57. The second-order valence-electron chi connectivity index (χ2n) is 16.0. The molecule has 0 bridgehead atoms. The third kappa shape index (κ3) is 8.24. The molecule has 0 amide bonds. The fourth-order valence-corrected chi connectivity index (χ4v) is 8.17. The minimum absolute atomic E-state index is 0.0336. The highest BCUT2D eigenvalue weighted by molar-refractivity contribution is 6.04. The molecule has 0 aromatic rings. The quantitative estimate of drug-likeness (QED) is 0.288. The van der Waals surface area contributed by atoms with Gasteiger partial charge in [0.15, 0.2) is 12.1 Å². The zero-order valence-electron chi connectivity index (χ0n) is 29.6. The van der Waals surface area contributed by atoms with Gasteiger partial charge in [-0.1, -0.05) is 13.8 Å². The van der Waals surface area contributed by atoms with E-state index in [0.717, 1.165) is 31.7 Å². The molecule has 2 heterocycles. The smallest absolute Gasteiger partial charge is 0.319 e. The summed E-state index contributed by atoms with van der Waals surface area (Å²) >= 11 is 0. The van der Waals surface area contributed by atoms with Gasteiger partial charge in [0.2, 0.25) is 0 Å². The van der Waals surface area contributed by atoms with Crippen molar-refractivity contribution in [3.63, 3.8) is 0 Å². The van der Waals surface area contributed by atoms with E-state index in [2.05, 4.69) is 63.7 Å². The van der Waals surface area contributed by atoms with E-state index in [0.29, 0.717) is 37.5 Å². The van der Waals surface area contributed by atoms with Crippen LogP contribution in [0.25, 0.3) is 0 Å². The SMILES string of the molecule is CO[C@]1(C)C[C@@H](C)CN(C)[C@H](C2CC(N(C)CC3CC3)C2)COC(=O)C(C)(C)C(=O)[C@H](C)[C@H]1O[C@H]1C[C@@H](N(C)C)C[C@@H](C)O1. The van der Waals surface area contributed by atoms with E-state index in [-0.39, 0.29) is 23.8 Å². The van der Waals surface area contributed by atoms with E-state index in [1.165, 1.54) is 19.4 Å². The number of nitrogens with zero attached hydrogens (tertiary/aromatic N) is 3. The number of carbonyl (C=O) groups is 2. The number of carbonyl (C=O) groups excluding carboxylic acids is 2. The topological polar surface area (TPSA) is 80.8 Å². The molecule has 0 aromatic carbocycles. The van der Waals surface area contributed by atoms with Crippen LogP contribution in [0, 0.1) is 29.1 Å². The summed E-state index contributed by atoms with van der Waals surface area (Å²) in [5, 5.41) is 0. The Bertz CT molecular complexity index is 982. The van der Waals surface area contributed by atoms with Crippen molar-refractivity contribution in [3.05, 3.63) is 0 Å². The number of rotatable bonds is 8. The van der Waals surface area contributed by atoms with Gasteiger partial charge in [-0.15, -0.1) is 0 Å². The first-order chi connectivity index (χ1) is 20.5. The van der Waals surface area contributed by atoms with Gasteiger partial charge in [0, 0.05) is 50.7 Å². The maximum Gasteiger partial charge on any atom is 0.319 e. The Labute approximate surface area is 267 Å². The number of hydrogen-bond acceptors (Lipinski definition) is 9. The molecule has 4 rings (SSSR count). The van der Waals surface area contributed by atoms with E-state index in [1.54, 1.807) is 21.0 Å². The summed E-state index contributed by atoms with van der Waals surface area (Å²) < 4.78 is 25.4. The molecule has 0 radical (unpaired) electrons. The summed E-state index contributed by atoms with van der Waals surface area (Å²) in [5.74, 6) is 0.313. The van der Waals surface area contributed by atoms with Gasteiger partial charge in [0.25, 0.3) is 0 Å². The van der Waals surface area contributed by atoms with Crippen molar-refractivity contribution in [2.24, 2.45) is 29.1 Å². The van der Waals surface area contributed by atoms with Gasteiger partial charge >= 0.3 is 5.97 Å². The largest absolute Gasteiger partial charge is 0.463 e. The van der Waals surface area contributed by atoms with Crippen molar-refractivity contribution < 1.29 is 28.5 Å². The fourth-order valence-electron chi connectivity index (χ4n) is 8.17. The van der Waals surface area contributed by atoms with Crippen LogP contribution < -0.4 is 0 Å². The van der Waals surface area contributed by atoms with E-state index in [4.69, 9.17) is 18.9 Å². The van der Waals surface area contributed by atoms with Crippen molar-refractivity contribution in [1.82, 2.24) is 14.7 Å². The molecule has 254 valence electrons. The highest BCUT2D eigenvalue weighted by Crippen LogP contribution is 2.41. The van der Waals surface area contributed by atoms with Crippen LogP contribution >= 0.6 is 0 Å². The molecule has 4 aliphatic rings. The number of hydrogen-bond donors (Lipinski definition) is 0. The minimum Gasteiger partial charge on any atom is -0.463 e. The lowest BCUT2D eigenvalue weighted by Gasteiger charge is -2.48. The molecule has 9 nitrogen and oxygen atoms in total. The molecule has 8 atom stereocenters. The summed E-state index contributed by atoms with van der Waals surface area (Å²) in [6.45, 7) is 14.0. The monoisotopic (exact) mass is 621 g/mol. The normalized spacial score (nSPS) is 41.4. The summed E-state index contributed by atoms with van der Waals surface area (Å²) in [7, 11) is 10.3. The Morgan fingerprint density at radius 3 is 2.23 bits per heavy atom. The van der Waals surface area contributed by atoms with Crippen molar-refractivity contribution in [2.45, 2.75) is 129 Å². The predicted octanol–water partition coefficient (Wildman–Crippen LogP) is 4.47. The summed E-state index contributed by atoms with van der Waals surface area (Å²) in [5.41, 5.74) is -2.10. The van der Waals surface area contributed by atoms with Crippen LogP contribution in [-0.2, 0) is 28.5 Å². The van der Waals surface area contributed by atoms with Crippen molar-refractivity contribution in [2.75, 3.05) is 55.0 Å². The molecule has 4 fully saturated rings. The van der Waals surface area contributed by atoms with Crippen LogP contribution in [0.2, 0.25) is 0 Å². The van der Waals surface area contributed by atoms with E-state index in [9.17, 15) is 9.59 Å². The summed E-state index contributed by atoms with van der Waals surface area (Å²) in [4.78, 5) is 35.0. The molecule has 9 heteroatoms. The zero-order valence-corrected chi connectivity index (χ0v) is 29.6. The lowest BCUT2D eigenvalue weighted by molar-refractivity contribution is -0.263. The molecule has 0 N–H and O–H groups in total. The van der Waals surface area contributed by atoms with E-state index in [1.807, 2.05) is 6.92 Å². The Morgan fingerprint density at radius 1 is 0.977 bits per heavy atom. The average molecular weight is 622 g/mol. The first-order valence-electron chi connectivity index (χ1n) is 17.2. The summed E-state index contributed by atoms with van der Waals surface area (Å²) in [6, 6.07) is 1.02. The maximum atomic E-state index is 14.2. The van der Waals surface area contributed by atoms with Gasteiger partial charge in [0.05, 0.1) is 17.8 Å². The molecule has 0 unspecified atom stereocenters. The Hall–Kier alpha value is -1.10. The zero-order chi connectivity index (χ0) is 32.6. The number of cyclic esters (lactones) is 1. The van der Waals surface area contributed by atoms with Gasteiger partial charge in [-0.2, -0.15) is 0 Å². The Morgan fingerprint density at radius 2 is 1.64 bits per heavy atom. The molecule has 0 spiro atoms. The van der Waals surface area contributed by atoms with Crippen LogP contribution in [0.3, 0.4) is 0 Å². The molecule has 2 saturated carbocycles. The first kappa shape index (κ1) is 35.7. The van der Waals surface area contributed by atoms with Gasteiger partial charge in [-0.25, -0.2) is 0 Å². The standard InChI is InChI=1S/C35H63N3O6/c1-22-18-35(6,41-11)32(44-30-17-27(36(7)8)14-23(2)43-30)24(3)31(39)34(4,5)33(40)42-21-29(38(10)19-22)26-15-28(16-26)37(9)20-25-12-13-25/h22-30,32H,12-21H2,1-11H3/t22-,23-,24+,26?,27+,28?,29+,30+,32-,35-/m1/s1. The molecule has 2 saturated heterocycles. The molecule has 2 aliphatic heterocycles. The van der Waals surface area contributed by atoms with E-state index >= 15 is 0 Å². The molecule has 0 aromatic heterocycles. The molecule has 44 heavy (non-hydrogen) atoms. The highest BCUT2D eigenvalue weighted by atomic mass is 16.7. The third-order valence-electron chi connectivity index (χ3n) is 11.4. The van der Waals surface area contributed by atoms with Crippen LogP contribution in [0.15, 0.2) is 0 Å². The molecular weight excluding hydrogens is 558 g/mol. The lowest BCUT2D eigenvalue weighted by atomic mass is 9.74. The predicted molar refractivity (Wildman–Crippen MR) is 172 cm³/mol. The number of methoxy groups -OCH3 is 1. The third-order valence-corrected chi connectivity index (χ3v) is 11.4. The lowest BCUT2D eigenvalue weighted by Crippen LogP contribution is -2.55. The van der Waals surface area contributed by atoms with Gasteiger partial charge in [-0.3, -0.25) is 14.5 Å². The number of ketones is 1. The average Bonchev–Trinajstić information content (AvgIpc) is 3.74.